The largest absolute Gasteiger partial charge is 0.480 e. The number of carboxylic acid groups (broad SMARTS) is 1. The molecule has 0 fully saturated rings. The van der Waals surface area contributed by atoms with Crippen LogP contribution in [-0.2, 0) is 9.36 Å². The maximum atomic E-state index is 10.1. The molecule has 0 bridgehead atoms. The number of nitrogens with zero attached hydrogens (tertiary/aromatic N) is 3. The van der Waals surface area contributed by atoms with Gasteiger partial charge in [0.1, 0.15) is 0 Å². The summed E-state index contributed by atoms with van der Waals surface area (Å²) in [4.78, 5) is 38.0. The van der Waals surface area contributed by atoms with E-state index in [1.54, 1.807) is 0 Å². The highest BCUT2D eigenvalue weighted by Crippen LogP contribution is 2.31. The summed E-state index contributed by atoms with van der Waals surface area (Å²) in [5.41, 5.74) is 0. The normalized spacial score (nSPS) is 10.5. The van der Waals surface area contributed by atoms with Gasteiger partial charge in [-0.2, -0.15) is 15.0 Å². The summed E-state index contributed by atoms with van der Waals surface area (Å²) in [5.74, 6) is -0.148. The number of rotatable bonds is 8. The Bertz CT molecular complexity index is 518. The Morgan fingerprint density at radius 2 is 1.61 bits per heavy atom. The van der Waals surface area contributed by atoms with Gasteiger partial charge in [0, 0.05) is 13.1 Å². The zero-order valence-corrected chi connectivity index (χ0v) is 14.3. The monoisotopic (exact) mass is 370 g/mol. The number of aliphatic carboxylic acids is 1. The molecule has 132 valence electrons. The quantitative estimate of drug-likeness (QED) is 0.345. The molecular formula is C10H20ClN6O5P. The second kappa shape index (κ2) is 11.1. The van der Waals surface area contributed by atoms with E-state index in [1.165, 1.54) is 0 Å². The van der Waals surface area contributed by atoms with Crippen LogP contribution >= 0.6 is 19.2 Å². The van der Waals surface area contributed by atoms with Gasteiger partial charge in [0.15, 0.2) is 0 Å². The van der Waals surface area contributed by atoms with Gasteiger partial charge in [-0.25, -0.2) is 0 Å². The first-order valence-corrected chi connectivity index (χ1v) is 8.71. The fraction of sp³-hybridized carbons (Fsp3) is 0.600. The van der Waals surface area contributed by atoms with Crippen molar-refractivity contribution in [3.05, 3.63) is 5.28 Å². The van der Waals surface area contributed by atoms with Crippen molar-refractivity contribution in [3.8, 4) is 0 Å². The fourth-order valence-corrected chi connectivity index (χ4v) is 1.70. The van der Waals surface area contributed by atoms with Gasteiger partial charge in [0.2, 0.25) is 17.2 Å². The molecule has 0 aliphatic rings. The Balaban J connectivity index is 0.000000438. The second-order valence-corrected chi connectivity index (χ2v) is 5.94. The highest BCUT2D eigenvalue weighted by Gasteiger charge is 2.11. The molecule has 0 amide bonds. The maximum absolute atomic E-state index is 10.1. The van der Waals surface area contributed by atoms with Gasteiger partial charge >= 0.3 is 13.6 Å². The van der Waals surface area contributed by atoms with E-state index in [1.807, 2.05) is 13.8 Å². The molecule has 0 radical (unpaired) electrons. The minimum atomic E-state index is -4.10. The number of aromatic nitrogens is 3. The van der Waals surface area contributed by atoms with Gasteiger partial charge < -0.3 is 25.5 Å². The van der Waals surface area contributed by atoms with Crippen molar-refractivity contribution >= 4 is 37.1 Å². The minimum Gasteiger partial charge on any atom is -0.480 e. The van der Waals surface area contributed by atoms with E-state index >= 15 is 0 Å². The number of hydrogen-bond donors (Lipinski definition) is 6. The summed E-state index contributed by atoms with van der Waals surface area (Å²) in [5, 5.41) is 16.2. The van der Waals surface area contributed by atoms with Crippen LogP contribution in [0.3, 0.4) is 0 Å². The van der Waals surface area contributed by atoms with Crippen LogP contribution in [-0.4, -0.2) is 61.7 Å². The maximum Gasteiger partial charge on any atom is 0.339 e. The number of hydrogen-bond acceptors (Lipinski definition) is 8. The molecule has 11 nitrogen and oxygen atoms in total. The Hall–Kier alpha value is -1.52. The van der Waals surface area contributed by atoms with Crippen molar-refractivity contribution < 1.29 is 24.3 Å². The van der Waals surface area contributed by atoms with Crippen molar-refractivity contribution in [2.45, 2.75) is 13.8 Å². The van der Waals surface area contributed by atoms with Crippen molar-refractivity contribution in [3.63, 3.8) is 0 Å². The highest BCUT2D eigenvalue weighted by molar-refractivity contribution is 7.51. The molecular weight excluding hydrogens is 351 g/mol. The Morgan fingerprint density at radius 3 is 1.96 bits per heavy atom. The van der Waals surface area contributed by atoms with Gasteiger partial charge in [-0.3, -0.25) is 14.7 Å². The Kier molecular flexibility index (Phi) is 10.4. The van der Waals surface area contributed by atoms with E-state index in [4.69, 9.17) is 26.5 Å². The third kappa shape index (κ3) is 12.7. The first-order chi connectivity index (χ1) is 10.7. The van der Waals surface area contributed by atoms with Gasteiger partial charge in [-0.15, -0.1) is 0 Å². The van der Waals surface area contributed by atoms with Crippen LogP contribution in [0.2, 0.25) is 5.28 Å². The summed E-state index contributed by atoms with van der Waals surface area (Å²) in [6, 6.07) is 0. The lowest BCUT2D eigenvalue weighted by Crippen LogP contribution is -2.23. The molecule has 13 heteroatoms. The molecule has 0 saturated carbocycles. The fourth-order valence-electron chi connectivity index (χ4n) is 1.13. The molecule has 0 unspecified atom stereocenters. The van der Waals surface area contributed by atoms with E-state index in [9.17, 15) is 9.36 Å². The second-order valence-electron chi connectivity index (χ2n) is 3.96. The molecule has 0 spiro atoms. The molecule has 6 N–H and O–H groups in total. The van der Waals surface area contributed by atoms with Crippen molar-refractivity contribution in [1.82, 2.24) is 20.3 Å². The summed E-state index contributed by atoms with van der Waals surface area (Å²) in [6.45, 7) is 5.00. The zero-order valence-electron chi connectivity index (χ0n) is 12.7. The van der Waals surface area contributed by atoms with Crippen LogP contribution in [0, 0.1) is 0 Å². The third-order valence-electron chi connectivity index (χ3n) is 1.87. The topological polar surface area (TPSA) is 170 Å². The van der Waals surface area contributed by atoms with Crippen LogP contribution < -0.4 is 16.0 Å². The minimum absolute atomic E-state index is 0.196. The average molecular weight is 371 g/mol. The smallest absolute Gasteiger partial charge is 0.339 e. The van der Waals surface area contributed by atoms with Crippen molar-refractivity contribution in [2.24, 2.45) is 0 Å². The van der Waals surface area contributed by atoms with E-state index in [0.717, 1.165) is 13.1 Å². The molecule has 0 saturated heterocycles. The zero-order chi connectivity index (χ0) is 17.9. The average Bonchev–Trinajstić information content (AvgIpc) is 2.37. The molecule has 0 aromatic carbocycles. The summed E-state index contributed by atoms with van der Waals surface area (Å²) >= 11 is 5.68. The van der Waals surface area contributed by atoms with Gasteiger partial charge in [-0.1, -0.05) is 0 Å². The molecule has 1 rings (SSSR count). The van der Waals surface area contributed by atoms with Crippen LogP contribution in [0.5, 0.6) is 0 Å². The lowest BCUT2D eigenvalue weighted by Gasteiger charge is -2.04. The number of nitrogens with one attached hydrogen (secondary N) is 3. The lowest BCUT2D eigenvalue weighted by molar-refractivity contribution is -0.135. The molecule has 1 aromatic heterocycles. The van der Waals surface area contributed by atoms with Gasteiger partial charge in [0.05, 0.1) is 12.8 Å². The van der Waals surface area contributed by atoms with Crippen molar-refractivity contribution in [2.75, 3.05) is 36.6 Å². The van der Waals surface area contributed by atoms with Crippen LogP contribution in [0.15, 0.2) is 0 Å². The summed E-state index contributed by atoms with van der Waals surface area (Å²) < 4.78 is 10.1. The molecule has 23 heavy (non-hydrogen) atoms. The van der Waals surface area contributed by atoms with Gasteiger partial charge in [0.25, 0.3) is 0 Å². The number of anilines is 2. The molecule has 0 aliphatic heterocycles. The van der Waals surface area contributed by atoms with Crippen LogP contribution in [0.1, 0.15) is 13.8 Å². The van der Waals surface area contributed by atoms with E-state index in [0.29, 0.717) is 11.9 Å². The first-order valence-electron chi connectivity index (χ1n) is 6.54. The summed E-state index contributed by atoms with van der Waals surface area (Å²) in [6.07, 6.45) is -0.598. The van der Waals surface area contributed by atoms with Crippen LogP contribution in [0.4, 0.5) is 11.9 Å². The summed E-state index contributed by atoms with van der Waals surface area (Å²) in [7, 11) is -4.10. The first kappa shape index (κ1) is 21.5. The van der Waals surface area contributed by atoms with Crippen LogP contribution in [0.25, 0.3) is 0 Å². The van der Waals surface area contributed by atoms with E-state index in [2.05, 4.69) is 30.9 Å². The molecule has 1 aromatic rings. The standard InChI is InChI=1S/C7H12ClN5.C3H8NO5P/c1-3-9-6-11-5(8)12-7(13-6)10-4-2;5-3(6)1-4-2-10(7,8)9/h3-4H2,1-2H3,(H2,9,10,11,12,13);4H,1-2H2,(H,5,6)(H2,7,8,9). The Labute approximate surface area is 138 Å². The molecule has 1 heterocycles. The third-order valence-corrected chi connectivity index (χ3v) is 2.68. The predicted molar refractivity (Wildman–Crippen MR) is 85.7 cm³/mol. The van der Waals surface area contributed by atoms with Crippen molar-refractivity contribution in [1.29, 1.82) is 0 Å². The van der Waals surface area contributed by atoms with E-state index in [-0.39, 0.29) is 5.28 Å². The molecule has 0 atom stereocenters. The number of carboxylic acids is 1. The highest BCUT2D eigenvalue weighted by atomic mass is 35.5. The SMILES string of the molecule is CCNc1nc(Cl)nc(NCC)n1.O=C(O)CNCP(=O)(O)O. The predicted octanol–water partition coefficient (Wildman–Crippen LogP) is 0.184. The Morgan fingerprint density at radius 1 is 1.13 bits per heavy atom. The number of carbonyl (C=O) groups is 1. The lowest BCUT2D eigenvalue weighted by atomic mass is 10.7. The molecule has 0 aliphatic carbocycles. The van der Waals surface area contributed by atoms with Gasteiger partial charge in [-0.05, 0) is 25.4 Å². The van der Waals surface area contributed by atoms with E-state index < -0.39 is 26.4 Å². The number of halogens is 1.